The van der Waals surface area contributed by atoms with Gasteiger partial charge in [0, 0.05) is 10.7 Å². The number of carbonyl (C=O) groups excluding carboxylic acids is 1. The molecule has 0 aliphatic carbocycles. The predicted octanol–water partition coefficient (Wildman–Crippen LogP) is 2.73. The van der Waals surface area contributed by atoms with Gasteiger partial charge in [-0.3, -0.25) is 14.2 Å². The van der Waals surface area contributed by atoms with E-state index >= 15 is 0 Å². The first-order valence-electron chi connectivity index (χ1n) is 7.09. The number of Topliss-reactive ketones (excluding diaryl/α,β-unsaturated/α-hetero) is 1. The molecule has 0 fully saturated rings. The molecule has 6 heteroatoms. The third-order valence-corrected chi connectivity index (χ3v) is 3.66. The maximum Gasteiger partial charge on any atom is 0.261 e. The number of anilines is 1. The van der Waals surface area contributed by atoms with E-state index in [0.717, 1.165) is 5.69 Å². The molecule has 0 unspecified atom stereocenters. The van der Waals surface area contributed by atoms with E-state index in [1.807, 2.05) is 6.07 Å². The summed E-state index contributed by atoms with van der Waals surface area (Å²) in [4.78, 5) is 28.6. The zero-order valence-corrected chi connectivity index (χ0v) is 13.0. The number of halogens is 1. The number of benzene rings is 2. The molecule has 3 rings (SSSR count). The topological polar surface area (TPSA) is 64.0 Å². The highest BCUT2D eigenvalue weighted by Crippen LogP contribution is 2.13. The van der Waals surface area contributed by atoms with Gasteiger partial charge in [-0.15, -0.1) is 0 Å². The van der Waals surface area contributed by atoms with Gasteiger partial charge in [0.2, 0.25) is 0 Å². The number of rotatable bonds is 5. The first-order chi connectivity index (χ1) is 11.1. The van der Waals surface area contributed by atoms with Crippen LogP contribution in [-0.4, -0.2) is 21.9 Å². The summed E-state index contributed by atoms with van der Waals surface area (Å²) in [6.45, 7) is 0.109. The molecule has 1 aromatic heterocycles. The number of ketones is 1. The average molecular weight is 328 g/mol. The summed E-state index contributed by atoms with van der Waals surface area (Å²) >= 11 is 5.81. The molecule has 3 aromatic rings. The fraction of sp³-hybridized carbons (Fsp3) is 0.118. The number of hydrogen-bond acceptors (Lipinski definition) is 4. The zero-order chi connectivity index (χ0) is 16.2. The number of fused-ring (bicyclic) bond motifs is 1. The Labute approximate surface area is 137 Å². The summed E-state index contributed by atoms with van der Waals surface area (Å²) in [6.07, 6.45) is 1.41. The van der Waals surface area contributed by atoms with Gasteiger partial charge in [-0.25, -0.2) is 4.98 Å². The Bertz CT molecular complexity index is 904. The minimum atomic E-state index is -0.213. The largest absolute Gasteiger partial charge is 0.378 e. The summed E-state index contributed by atoms with van der Waals surface area (Å²) in [5, 5.41) is 4.15. The average Bonchev–Trinajstić information content (AvgIpc) is 2.57. The SMILES string of the molecule is O=C(CNc1ccc(Cl)cc1)Cn1cnc2ccccc2c1=O. The van der Waals surface area contributed by atoms with Crippen LogP contribution in [0.15, 0.2) is 59.7 Å². The smallest absolute Gasteiger partial charge is 0.261 e. The molecule has 5 nitrogen and oxygen atoms in total. The van der Waals surface area contributed by atoms with E-state index < -0.39 is 0 Å². The molecule has 23 heavy (non-hydrogen) atoms. The Morgan fingerprint density at radius 1 is 1.13 bits per heavy atom. The fourth-order valence-corrected chi connectivity index (χ4v) is 2.36. The number of carbonyl (C=O) groups is 1. The van der Waals surface area contributed by atoms with Gasteiger partial charge in [-0.2, -0.15) is 0 Å². The Kier molecular flexibility index (Phi) is 4.39. The van der Waals surface area contributed by atoms with Crippen molar-refractivity contribution in [1.82, 2.24) is 9.55 Å². The first-order valence-corrected chi connectivity index (χ1v) is 7.46. The Hall–Kier alpha value is -2.66. The number of aromatic nitrogens is 2. The van der Waals surface area contributed by atoms with Crippen LogP contribution >= 0.6 is 11.6 Å². The van der Waals surface area contributed by atoms with Crippen molar-refractivity contribution < 1.29 is 4.79 Å². The third-order valence-electron chi connectivity index (χ3n) is 3.41. The third kappa shape index (κ3) is 3.57. The normalized spacial score (nSPS) is 10.7. The molecular formula is C17H14ClN3O2. The molecule has 2 aromatic carbocycles. The molecule has 1 heterocycles. The highest BCUT2D eigenvalue weighted by atomic mass is 35.5. The van der Waals surface area contributed by atoms with Gasteiger partial charge in [0.25, 0.3) is 5.56 Å². The van der Waals surface area contributed by atoms with Crippen molar-refractivity contribution >= 4 is 34.0 Å². The van der Waals surface area contributed by atoms with Crippen LogP contribution < -0.4 is 10.9 Å². The Morgan fingerprint density at radius 2 is 1.87 bits per heavy atom. The van der Waals surface area contributed by atoms with Crippen molar-refractivity contribution in [1.29, 1.82) is 0 Å². The minimum absolute atomic E-state index is 0.0166. The molecule has 0 saturated heterocycles. The second-order valence-electron chi connectivity index (χ2n) is 5.09. The second kappa shape index (κ2) is 6.62. The minimum Gasteiger partial charge on any atom is -0.378 e. The quantitative estimate of drug-likeness (QED) is 0.782. The molecule has 0 atom stereocenters. The van der Waals surface area contributed by atoms with Crippen LogP contribution in [0.3, 0.4) is 0 Å². The highest BCUT2D eigenvalue weighted by Gasteiger charge is 2.08. The lowest BCUT2D eigenvalue weighted by Crippen LogP contribution is -2.27. The van der Waals surface area contributed by atoms with Crippen molar-refractivity contribution in [3.63, 3.8) is 0 Å². The van der Waals surface area contributed by atoms with Crippen molar-refractivity contribution in [3.05, 3.63) is 70.2 Å². The van der Waals surface area contributed by atoms with Gasteiger partial charge in [-0.05, 0) is 36.4 Å². The molecular weight excluding hydrogens is 314 g/mol. The van der Waals surface area contributed by atoms with E-state index in [9.17, 15) is 9.59 Å². The van der Waals surface area contributed by atoms with E-state index in [1.165, 1.54) is 10.9 Å². The highest BCUT2D eigenvalue weighted by molar-refractivity contribution is 6.30. The summed E-state index contributed by atoms with van der Waals surface area (Å²) in [5.74, 6) is -0.112. The van der Waals surface area contributed by atoms with E-state index in [0.29, 0.717) is 15.9 Å². The van der Waals surface area contributed by atoms with Crippen LogP contribution in [0.1, 0.15) is 0 Å². The fourth-order valence-electron chi connectivity index (χ4n) is 2.23. The Morgan fingerprint density at radius 3 is 2.65 bits per heavy atom. The van der Waals surface area contributed by atoms with E-state index in [-0.39, 0.29) is 24.4 Å². The number of nitrogens with one attached hydrogen (secondary N) is 1. The molecule has 0 spiro atoms. The van der Waals surface area contributed by atoms with Crippen LogP contribution in [0.2, 0.25) is 5.02 Å². The summed E-state index contributed by atoms with van der Waals surface area (Å²) in [5.41, 5.74) is 1.21. The lowest BCUT2D eigenvalue weighted by molar-refractivity contribution is -0.118. The van der Waals surface area contributed by atoms with Crippen LogP contribution in [-0.2, 0) is 11.3 Å². The number of hydrogen-bond donors (Lipinski definition) is 1. The van der Waals surface area contributed by atoms with Crippen molar-refractivity contribution in [3.8, 4) is 0 Å². The van der Waals surface area contributed by atoms with Crippen LogP contribution in [0, 0.1) is 0 Å². The Balaban J connectivity index is 1.69. The van der Waals surface area contributed by atoms with E-state index in [4.69, 9.17) is 11.6 Å². The monoisotopic (exact) mass is 327 g/mol. The van der Waals surface area contributed by atoms with Gasteiger partial charge in [0.1, 0.15) is 0 Å². The standard InChI is InChI=1S/C17H14ClN3O2/c18-12-5-7-13(8-6-12)19-9-14(22)10-21-11-20-16-4-2-1-3-15(16)17(21)23/h1-8,11,19H,9-10H2. The summed E-state index contributed by atoms with van der Waals surface area (Å²) in [7, 11) is 0. The van der Waals surface area contributed by atoms with Gasteiger partial charge in [0.05, 0.1) is 30.3 Å². The van der Waals surface area contributed by atoms with Gasteiger partial charge >= 0.3 is 0 Å². The maximum absolute atomic E-state index is 12.3. The van der Waals surface area contributed by atoms with Crippen molar-refractivity contribution in [2.75, 3.05) is 11.9 Å². The summed E-state index contributed by atoms with van der Waals surface area (Å²) in [6, 6.07) is 14.1. The summed E-state index contributed by atoms with van der Waals surface area (Å²) < 4.78 is 1.33. The van der Waals surface area contributed by atoms with Crippen LogP contribution in [0.4, 0.5) is 5.69 Å². The number of para-hydroxylation sites is 1. The van der Waals surface area contributed by atoms with Gasteiger partial charge in [0.15, 0.2) is 5.78 Å². The molecule has 0 bridgehead atoms. The molecule has 116 valence electrons. The molecule has 0 aliphatic rings. The van der Waals surface area contributed by atoms with E-state index in [2.05, 4.69) is 10.3 Å². The van der Waals surface area contributed by atoms with E-state index in [1.54, 1.807) is 42.5 Å². The van der Waals surface area contributed by atoms with Gasteiger partial charge in [-0.1, -0.05) is 23.7 Å². The lowest BCUT2D eigenvalue weighted by Gasteiger charge is -2.08. The molecule has 1 N–H and O–H groups in total. The predicted molar refractivity (Wildman–Crippen MR) is 91.0 cm³/mol. The molecule has 0 aliphatic heterocycles. The molecule has 0 saturated carbocycles. The zero-order valence-electron chi connectivity index (χ0n) is 12.2. The van der Waals surface area contributed by atoms with Crippen LogP contribution in [0.5, 0.6) is 0 Å². The van der Waals surface area contributed by atoms with Crippen molar-refractivity contribution in [2.45, 2.75) is 6.54 Å². The van der Waals surface area contributed by atoms with Crippen LogP contribution in [0.25, 0.3) is 10.9 Å². The number of nitrogens with zero attached hydrogens (tertiary/aromatic N) is 2. The second-order valence-corrected chi connectivity index (χ2v) is 5.53. The molecule has 0 amide bonds. The van der Waals surface area contributed by atoms with Crippen molar-refractivity contribution in [2.24, 2.45) is 0 Å². The lowest BCUT2D eigenvalue weighted by atomic mass is 10.2. The maximum atomic E-state index is 12.3. The first kappa shape index (κ1) is 15.2. The molecule has 0 radical (unpaired) electrons. The van der Waals surface area contributed by atoms with Gasteiger partial charge < -0.3 is 5.32 Å².